The molecule has 2 aliphatic heterocycles. The second-order valence-electron chi connectivity index (χ2n) is 9.10. The van der Waals surface area contributed by atoms with Gasteiger partial charge in [-0.25, -0.2) is 4.68 Å². The van der Waals surface area contributed by atoms with Crippen LogP contribution in [0.15, 0.2) is 33.9 Å². The molecule has 7 heteroatoms. The molecule has 1 aromatic heterocycles. The Labute approximate surface area is 176 Å². The molecule has 0 bridgehead atoms. The Balaban J connectivity index is 1.42. The summed E-state index contributed by atoms with van der Waals surface area (Å²) < 4.78 is 8.22. The van der Waals surface area contributed by atoms with Crippen molar-refractivity contribution in [2.24, 2.45) is 0 Å². The molecule has 5 rings (SSSR count). The molecule has 160 valence electrons. The highest BCUT2D eigenvalue weighted by Crippen LogP contribution is 2.42. The number of likely N-dealkylation sites (tertiary alicyclic amines) is 1. The van der Waals surface area contributed by atoms with E-state index in [1.54, 1.807) is 11.7 Å². The minimum absolute atomic E-state index is 0.0659. The van der Waals surface area contributed by atoms with E-state index in [0.717, 1.165) is 55.5 Å². The smallest absolute Gasteiger partial charge is 0.332 e. The van der Waals surface area contributed by atoms with E-state index in [1.165, 1.54) is 30.4 Å². The van der Waals surface area contributed by atoms with Crippen LogP contribution in [0.5, 0.6) is 5.75 Å². The molecule has 2 aromatic rings. The van der Waals surface area contributed by atoms with E-state index < -0.39 is 11.1 Å². The molecule has 0 radical (unpaired) electrons. The standard InChI is InChI=1S/C23H30N4O3/c1-30-19-8-6-17(7-9-19)16-27-21(29)20(28)26-15-12-23(22(26)24-27)10-13-25(14-11-23)18-4-2-3-5-18/h6-9,18H,2-5,10-16H2,1H3. The molecule has 1 aromatic carbocycles. The number of rotatable bonds is 4. The quantitative estimate of drug-likeness (QED) is 0.723. The summed E-state index contributed by atoms with van der Waals surface area (Å²) in [7, 11) is 1.62. The average Bonchev–Trinajstić information content (AvgIpc) is 3.43. The minimum Gasteiger partial charge on any atom is -0.497 e. The van der Waals surface area contributed by atoms with Crippen LogP contribution in [0.25, 0.3) is 0 Å². The van der Waals surface area contributed by atoms with Crippen LogP contribution in [0, 0.1) is 0 Å². The molecular weight excluding hydrogens is 380 g/mol. The molecule has 7 nitrogen and oxygen atoms in total. The van der Waals surface area contributed by atoms with E-state index in [9.17, 15) is 9.59 Å². The Bertz CT molecular complexity index is 1030. The lowest BCUT2D eigenvalue weighted by Crippen LogP contribution is -2.48. The van der Waals surface area contributed by atoms with Gasteiger partial charge in [-0.3, -0.25) is 14.2 Å². The van der Waals surface area contributed by atoms with Crippen molar-refractivity contribution >= 4 is 0 Å². The topological polar surface area (TPSA) is 69.4 Å². The van der Waals surface area contributed by atoms with Crippen LogP contribution in [0.4, 0.5) is 0 Å². The first-order valence-corrected chi connectivity index (χ1v) is 11.2. The fourth-order valence-corrected chi connectivity index (χ4v) is 5.64. The van der Waals surface area contributed by atoms with E-state index >= 15 is 0 Å². The third-order valence-electron chi connectivity index (χ3n) is 7.51. The van der Waals surface area contributed by atoms with Crippen LogP contribution in [-0.4, -0.2) is 45.5 Å². The maximum atomic E-state index is 12.8. The summed E-state index contributed by atoms with van der Waals surface area (Å²) in [6.45, 7) is 3.05. The van der Waals surface area contributed by atoms with Crippen LogP contribution < -0.4 is 15.9 Å². The lowest BCUT2D eigenvalue weighted by Gasteiger charge is -2.41. The second-order valence-corrected chi connectivity index (χ2v) is 9.10. The lowest BCUT2D eigenvalue weighted by molar-refractivity contribution is 0.113. The number of hydrogen-bond donors (Lipinski definition) is 0. The number of piperidine rings is 1. The van der Waals surface area contributed by atoms with Gasteiger partial charge in [0.15, 0.2) is 0 Å². The molecule has 0 atom stereocenters. The van der Waals surface area contributed by atoms with Gasteiger partial charge in [0.1, 0.15) is 11.6 Å². The normalized spacial score (nSPS) is 21.2. The summed E-state index contributed by atoms with van der Waals surface area (Å²) in [5.41, 5.74) is -0.0969. The number of nitrogens with zero attached hydrogens (tertiary/aromatic N) is 4. The summed E-state index contributed by atoms with van der Waals surface area (Å²) in [6, 6.07) is 8.28. The number of methoxy groups -OCH3 is 1. The second kappa shape index (κ2) is 7.69. The van der Waals surface area contributed by atoms with Crippen molar-refractivity contribution in [3.8, 4) is 5.75 Å². The summed E-state index contributed by atoms with van der Waals surface area (Å²) >= 11 is 0. The van der Waals surface area contributed by atoms with Gasteiger partial charge in [0.05, 0.1) is 13.7 Å². The van der Waals surface area contributed by atoms with E-state index in [0.29, 0.717) is 13.1 Å². The highest BCUT2D eigenvalue weighted by atomic mass is 16.5. The Hall–Kier alpha value is -2.41. The number of ether oxygens (including phenoxy) is 1. The zero-order valence-electron chi connectivity index (χ0n) is 17.7. The molecule has 3 aliphatic rings. The van der Waals surface area contributed by atoms with Crippen molar-refractivity contribution in [1.82, 2.24) is 19.2 Å². The third kappa shape index (κ3) is 3.29. The maximum Gasteiger partial charge on any atom is 0.332 e. The van der Waals surface area contributed by atoms with Crippen molar-refractivity contribution in [3.63, 3.8) is 0 Å². The molecule has 0 unspecified atom stereocenters. The van der Waals surface area contributed by atoms with E-state index in [1.807, 2.05) is 24.3 Å². The molecule has 0 amide bonds. The van der Waals surface area contributed by atoms with Gasteiger partial charge in [-0.05, 0) is 62.9 Å². The largest absolute Gasteiger partial charge is 0.497 e. The van der Waals surface area contributed by atoms with E-state index in [2.05, 4.69) is 4.90 Å². The third-order valence-corrected chi connectivity index (χ3v) is 7.51. The van der Waals surface area contributed by atoms with Crippen molar-refractivity contribution in [2.45, 2.75) is 69.5 Å². The monoisotopic (exact) mass is 410 g/mol. The molecule has 3 heterocycles. The van der Waals surface area contributed by atoms with Gasteiger partial charge in [0, 0.05) is 18.0 Å². The first-order chi connectivity index (χ1) is 14.6. The highest BCUT2D eigenvalue weighted by molar-refractivity contribution is 5.27. The molecule has 0 N–H and O–H groups in total. The van der Waals surface area contributed by atoms with E-state index in [4.69, 9.17) is 9.84 Å². The Morgan fingerprint density at radius 1 is 1.00 bits per heavy atom. The fraction of sp³-hybridized carbons (Fsp3) is 0.609. The molecule has 30 heavy (non-hydrogen) atoms. The first-order valence-electron chi connectivity index (χ1n) is 11.2. The Kier molecular flexibility index (Phi) is 5.01. The highest BCUT2D eigenvalue weighted by Gasteiger charge is 2.45. The molecule has 1 aliphatic carbocycles. The van der Waals surface area contributed by atoms with Crippen LogP contribution >= 0.6 is 0 Å². The van der Waals surface area contributed by atoms with Gasteiger partial charge >= 0.3 is 11.1 Å². The SMILES string of the molecule is COc1ccc(Cn2nc3n(c(=O)c2=O)CCC32CCN(C3CCCC3)CC2)cc1. The van der Waals surface area contributed by atoms with Gasteiger partial charge in [0.2, 0.25) is 0 Å². The maximum absolute atomic E-state index is 12.8. The summed E-state index contributed by atoms with van der Waals surface area (Å²) in [5.74, 6) is 1.59. The van der Waals surface area contributed by atoms with Crippen LogP contribution in [0.3, 0.4) is 0 Å². The van der Waals surface area contributed by atoms with Crippen molar-refractivity contribution in [1.29, 1.82) is 0 Å². The minimum atomic E-state index is -0.532. The summed E-state index contributed by atoms with van der Waals surface area (Å²) in [5, 5.41) is 4.77. The molecule has 2 fully saturated rings. The van der Waals surface area contributed by atoms with Crippen LogP contribution in [0.1, 0.15) is 56.3 Å². The predicted octanol–water partition coefficient (Wildman–Crippen LogP) is 2.14. The number of hydrogen-bond acceptors (Lipinski definition) is 5. The number of benzene rings is 1. The fourth-order valence-electron chi connectivity index (χ4n) is 5.64. The summed E-state index contributed by atoms with van der Waals surface area (Å²) in [6.07, 6.45) is 8.31. The average molecular weight is 411 g/mol. The zero-order valence-corrected chi connectivity index (χ0v) is 17.7. The zero-order chi connectivity index (χ0) is 20.7. The molecule has 1 spiro atoms. The van der Waals surface area contributed by atoms with Gasteiger partial charge in [-0.15, -0.1) is 0 Å². The van der Waals surface area contributed by atoms with Crippen molar-refractivity contribution in [2.75, 3.05) is 20.2 Å². The van der Waals surface area contributed by atoms with E-state index in [-0.39, 0.29) is 5.41 Å². The Morgan fingerprint density at radius 3 is 2.33 bits per heavy atom. The molecular formula is C23H30N4O3. The lowest BCUT2D eigenvalue weighted by atomic mass is 9.76. The predicted molar refractivity (Wildman–Crippen MR) is 114 cm³/mol. The summed E-state index contributed by atoms with van der Waals surface area (Å²) in [4.78, 5) is 28.2. The van der Waals surface area contributed by atoms with Gasteiger partial charge in [0.25, 0.3) is 0 Å². The first kappa shape index (κ1) is 19.5. The number of aromatic nitrogens is 3. The van der Waals surface area contributed by atoms with Crippen LogP contribution in [0.2, 0.25) is 0 Å². The van der Waals surface area contributed by atoms with Gasteiger partial charge in [-0.2, -0.15) is 5.10 Å². The van der Waals surface area contributed by atoms with Crippen molar-refractivity contribution < 1.29 is 4.74 Å². The van der Waals surface area contributed by atoms with Crippen LogP contribution in [-0.2, 0) is 18.5 Å². The van der Waals surface area contributed by atoms with Crippen molar-refractivity contribution in [3.05, 3.63) is 56.4 Å². The van der Waals surface area contributed by atoms with Gasteiger partial charge < -0.3 is 9.64 Å². The molecule has 1 saturated carbocycles. The molecule has 1 saturated heterocycles. The van der Waals surface area contributed by atoms with Gasteiger partial charge in [-0.1, -0.05) is 25.0 Å². The number of fused-ring (bicyclic) bond motifs is 2. The Morgan fingerprint density at radius 2 is 1.67 bits per heavy atom.